The quantitative estimate of drug-likeness (QED) is 0.416. The number of amides is 1. The highest BCUT2D eigenvalue weighted by molar-refractivity contribution is 7.18. The summed E-state index contributed by atoms with van der Waals surface area (Å²) in [6.07, 6.45) is 1.69. The fourth-order valence-electron chi connectivity index (χ4n) is 3.57. The summed E-state index contributed by atoms with van der Waals surface area (Å²) in [5.74, 6) is 0.357. The van der Waals surface area contributed by atoms with Gasteiger partial charge >= 0.3 is 0 Å². The van der Waals surface area contributed by atoms with E-state index >= 15 is 0 Å². The van der Waals surface area contributed by atoms with Gasteiger partial charge in [0.15, 0.2) is 5.58 Å². The predicted octanol–water partition coefficient (Wildman–Crippen LogP) is 4.91. The molecule has 0 fully saturated rings. The SMILES string of the molecule is Cc1sc2ncn(CCC(=O)Nc3ccc(-c4nc5ccccc5o4)cc3)c(=O)c2c1C. The van der Waals surface area contributed by atoms with Crippen molar-refractivity contribution in [3.05, 3.63) is 75.7 Å². The molecule has 0 spiro atoms. The Morgan fingerprint density at radius 3 is 2.69 bits per heavy atom. The van der Waals surface area contributed by atoms with Crippen LogP contribution in [-0.2, 0) is 11.3 Å². The van der Waals surface area contributed by atoms with E-state index in [4.69, 9.17) is 4.42 Å². The van der Waals surface area contributed by atoms with Crippen molar-refractivity contribution in [3.8, 4) is 11.5 Å². The summed E-state index contributed by atoms with van der Waals surface area (Å²) in [5, 5.41) is 3.51. The molecule has 0 unspecified atom stereocenters. The average Bonchev–Trinajstić information content (AvgIpc) is 3.35. The lowest BCUT2D eigenvalue weighted by Crippen LogP contribution is -2.23. The standard InChI is InChI=1S/C24H20N4O3S/c1-14-15(2)32-23-21(14)24(30)28(13-25-23)12-11-20(29)26-17-9-7-16(8-10-17)22-27-18-5-3-4-6-19(18)31-22/h3-10,13H,11-12H2,1-2H3,(H,26,29). The molecule has 7 nitrogen and oxygen atoms in total. The first-order chi connectivity index (χ1) is 15.5. The summed E-state index contributed by atoms with van der Waals surface area (Å²) in [6.45, 7) is 4.18. The van der Waals surface area contributed by atoms with Crippen LogP contribution in [0.2, 0.25) is 0 Å². The monoisotopic (exact) mass is 444 g/mol. The molecule has 160 valence electrons. The van der Waals surface area contributed by atoms with E-state index < -0.39 is 0 Å². The van der Waals surface area contributed by atoms with Gasteiger partial charge in [0, 0.05) is 29.1 Å². The van der Waals surface area contributed by atoms with E-state index in [1.807, 2.05) is 50.2 Å². The molecule has 1 N–H and O–H groups in total. The van der Waals surface area contributed by atoms with Crippen LogP contribution < -0.4 is 10.9 Å². The Kier molecular flexibility index (Phi) is 5.07. The first-order valence-corrected chi connectivity index (χ1v) is 11.0. The van der Waals surface area contributed by atoms with Crippen LogP contribution in [0.3, 0.4) is 0 Å². The van der Waals surface area contributed by atoms with Crippen LogP contribution in [0.15, 0.2) is 64.1 Å². The van der Waals surface area contributed by atoms with E-state index in [9.17, 15) is 9.59 Å². The van der Waals surface area contributed by atoms with Gasteiger partial charge in [0.25, 0.3) is 5.56 Å². The van der Waals surface area contributed by atoms with E-state index in [2.05, 4.69) is 15.3 Å². The van der Waals surface area contributed by atoms with Crippen molar-refractivity contribution in [2.45, 2.75) is 26.8 Å². The number of hydrogen-bond acceptors (Lipinski definition) is 6. The van der Waals surface area contributed by atoms with Crippen molar-refractivity contribution in [3.63, 3.8) is 0 Å². The molecule has 0 radical (unpaired) electrons. The maximum absolute atomic E-state index is 12.8. The molecule has 0 saturated carbocycles. The summed E-state index contributed by atoms with van der Waals surface area (Å²) in [6, 6.07) is 14.9. The fourth-order valence-corrected chi connectivity index (χ4v) is 4.55. The third-order valence-electron chi connectivity index (χ3n) is 5.45. The van der Waals surface area contributed by atoms with Crippen LogP contribution in [-0.4, -0.2) is 20.4 Å². The Morgan fingerprint density at radius 1 is 1.12 bits per heavy atom. The molecule has 3 aromatic heterocycles. The lowest BCUT2D eigenvalue weighted by atomic mass is 10.2. The molecule has 0 aliphatic rings. The van der Waals surface area contributed by atoms with Crippen LogP contribution in [0.1, 0.15) is 16.9 Å². The fraction of sp³-hybridized carbons (Fsp3) is 0.167. The molecule has 0 atom stereocenters. The summed E-state index contributed by atoms with van der Waals surface area (Å²) in [4.78, 5) is 35.9. The zero-order chi connectivity index (χ0) is 22.2. The lowest BCUT2D eigenvalue weighted by Gasteiger charge is -2.07. The van der Waals surface area contributed by atoms with Crippen molar-refractivity contribution in [2.75, 3.05) is 5.32 Å². The van der Waals surface area contributed by atoms with Crippen molar-refractivity contribution >= 4 is 44.2 Å². The van der Waals surface area contributed by atoms with E-state index in [0.29, 0.717) is 17.0 Å². The number of aryl methyl sites for hydroxylation is 3. The number of nitrogens with one attached hydrogen (secondary N) is 1. The Hall–Kier alpha value is -3.78. The van der Waals surface area contributed by atoms with Gasteiger partial charge in [0.05, 0.1) is 11.7 Å². The summed E-state index contributed by atoms with van der Waals surface area (Å²) < 4.78 is 7.28. The Bertz CT molecular complexity index is 1480. The minimum atomic E-state index is -0.176. The molecular formula is C24H20N4O3S. The van der Waals surface area contributed by atoms with Gasteiger partial charge in [-0.25, -0.2) is 9.97 Å². The summed E-state index contributed by atoms with van der Waals surface area (Å²) >= 11 is 1.51. The number of anilines is 1. The number of carbonyl (C=O) groups excluding carboxylic acids is 1. The van der Waals surface area contributed by atoms with E-state index in [1.165, 1.54) is 22.2 Å². The van der Waals surface area contributed by atoms with Crippen molar-refractivity contribution in [2.24, 2.45) is 0 Å². The number of carbonyl (C=O) groups is 1. The number of para-hydroxylation sites is 2. The molecule has 5 rings (SSSR count). The normalized spacial score (nSPS) is 11.3. The van der Waals surface area contributed by atoms with Crippen molar-refractivity contribution in [1.29, 1.82) is 0 Å². The predicted molar refractivity (Wildman–Crippen MR) is 126 cm³/mol. The van der Waals surface area contributed by atoms with Crippen LogP contribution in [0, 0.1) is 13.8 Å². The Labute approximate surface area is 187 Å². The van der Waals surface area contributed by atoms with E-state index in [0.717, 1.165) is 31.9 Å². The molecular weight excluding hydrogens is 424 g/mol. The van der Waals surface area contributed by atoms with Gasteiger partial charge < -0.3 is 9.73 Å². The molecule has 0 bridgehead atoms. The maximum atomic E-state index is 12.8. The largest absolute Gasteiger partial charge is 0.436 e. The van der Waals surface area contributed by atoms with E-state index in [-0.39, 0.29) is 24.4 Å². The van der Waals surface area contributed by atoms with Crippen LogP contribution in [0.4, 0.5) is 5.69 Å². The minimum Gasteiger partial charge on any atom is -0.436 e. The Morgan fingerprint density at radius 2 is 1.91 bits per heavy atom. The minimum absolute atomic E-state index is 0.104. The molecule has 2 aromatic carbocycles. The summed E-state index contributed by atoms with van der Waals surface area (Å²) in [5.41, 5.74) is 3.88. The third kappa shape index (κ3) is 3.69. The number of aromatic nitrogens is 3. The number of thiophene rings is 1. The number of fused-ring (bicyclic) bond motifs is 2. The molecule has 1 amide bonds. The second-order valence-corrected chi connectivity index (χ2v) is 8.77. The third-order valence-corrected chi connectivity index (χ3v) is 6.56. The highest BCUT2D eigenvalue weighted by atomic mass is 32.1. The van der Waals surface area contributed by atoms with Gasteiger partial charge in [-0.05, 0) is 55.8 Å². The number of hydrogen-bond donors (Lipinski definition) is 1. The number of rotatable bonds is 5. The van der Waals surface area contributed by atoms with Crippen LogP contribution in [0.5, 0.6) is 0 Å². The average molecular weight is 445 g/mol. The van der Waals surface area contributed by atoms with Crippen LogP contribution in [0.25, 0.3) is 32.8 Å². The summed E-state index contributed by atoms with van der Waals surface area (Å²) in [7, 11) is 0. The van der Waals surface area contributed by atoms with Crippen LogP contribution >= 0.6 is 11.3 Å². The second kappa shape index (κ2) is 8.05. The molecule has 32 heavy (non-hydrogen) atoms. The number of benzene rings is 2. The molecule has 0 saturated heterocycles. The topological polar surface area (TPSA) is 90.0 Å². The Balaban J connectivity index is 1.25. The molecule has 8 heteroatoms. The lowest BCUT2D eigenvalue weighted by molar-refractivity contribution is -0.116. The highest BCUT2D eigenvalue weighted by Gasteiger charge is 2.13. The highest BCUT2D eigenvalue weighted by Crippen LogP contribution is 2.26. The molecule has 3 heterocycles. The van der Waals surface area contributed by atoms with E-state index in [1.54, 1.807) is 12.1 Å². The van der Waals surface area contributed by atoms with Gasteiger partial charge in [0.2, 0.25) is 11.8 Å². The van der Waals surface area contributed by atoms with Gasteiger partial charge in [0.1, 0.15) is 10.3 Å². The first-order valence-electron chi connectivity index (χ1n) is 10.2. The first kappa shape index (κ1) is 20.1. The zero-order valence-electron chi connectivity index (χ0n) is 17.6. The van der Waals surface area contributed by atoms with Gasteiger partial charge in [-0.2, -0.15) is 0 Å². The zero-order valence-corrected chi connectivity index (χ0v) is 18.4. The molecule has 5 aromatic rings. The van der Waals surface area contributed by atoms with Gasteiger partial charge in [-0.3, -0.25) is 14.2 Å². The maximum Gasteiger partial charge on any atom is 0.262 e. The van der Waals surface area contributed by atoms with Crippen molar-refractivity contribution in [1.82, 2.24) is 14.5 Å². The van der Waals surface area contributed by atoms with Gasteiger partial charge in [-0.1, -0.05) is 12.1 Å². The second-order valence-electron chi connectivity index (χ2n) is 7.57. The number of nitrogens with zero attached hydrogens (tertiary/aromatic N) is 3. The number of oxazole rings is 1. The molecule has 0 aliphatic heterocycles. The molecule has 0 aliphatic carbocycles. The smallest absolute Gasteiger partial charge is 0.262 e. The van der Waals surface area contributed by atoms with Crippen molar-refractivity contribution < 1.29 is 9.21 Å². The van der Waals surface area contributed by atoms with Gasteiger partial charge in [-0.15, -0.1) is 11.3 Å².